The van der Waals surface area contributed by atoms with E-state index in [-0.39, 0.29) is 5.92 Å². The molecule has 1 heterocycles. The summed E-state index contributed by atoms with van der Waals surface area (Å²) in [5, 5.41) is 0. The van der Waals surface area contributed by atoms with Gasteiger partial charge in [0, 0.05) is 18.9 Å². The third-order valence-electron chi connectivity index (χ3n) is 4.53. The van der Waals surface area contributed by atoms with Crippen molar-refractivity contribution in [3.63, 3.8) is 0 Å². The molecule has 110 valence electrons. The smallest absolute Gasteiger partial charge is 0.299 e. The zero-order valence-corrected chi connectivity index (χ0v) is 12.4. The lowest BCUT2D eigenvalue weighted by molar-refractivity contribution is -0.121. The molecule has 1 aliphatic heterocycles. The van der Waals surface area contributed by atoms with Crippen LogP contribution in [0.5, 0.6) is 0 Å². The maximum absolute atomic E-state index is 12.2. The first-order chi connectivity index (χ1) is 9.99. The Morgan fingerprint density at radius 3 is 2.62 bits per heavy atom. The van der Waals surface area contributed by atoms with Crippen molar-refractivity contribution in [3.05, 3.63) is 28.8 Å². The molecule has 4 nitrogen and oxygen atoms in total. The van der Waals surface area contributed by atoms with Crippen LogP contribution >= 0.6 is 0 Å². The highest BCUT2D eigenvalue weighted by Gasteiger charge is 2.37. The molecule has 0 bridgehead atoms. The van der Waals surface area contributed by atoms with Gasteiger partial charge < -0.3 is 4.90 Å². The summed E-state index contributed by atoms with van der Waals surface area (Å²) >= 11 is 0. The standard InChI is InChI=1S/C17H19NO3/c1-10-8-11(2)15-13(9-10)16(20)17(21)18(15)7-6-12-4-3-5-14(12)19/h8-9,12H,3-7H2,1-2H3. The molecular weight excluding hydrogens is 266 g/mol. The lowest BCUT2D eigenvalue weighted by Gasteiger charge is -2.20. The van der Waals surface area contributed by atoms with Crippen molar-refractivity contribution in [1.82, 2.24) is 0 Å². The molecule has 0 spiro atoms. The lowest BCUT2D eigenvalue weighted by Crippen LogP contribution is -2.32. The third-order valence-corrected chi connectivity index (χ3v) is 4.53. The Morgan fingerprint density at radius 1 is 1.19 bits per heavy atom. The monoisotopic (exact) mass is 285 g/mol. The van der Waals surface area contributed by atoms with Crippen molar-refractivity contribution in [2.24, 2.45) is 5.92 Å². The van der Waals surface area contributed by atoms with E-state index in [9.17, 15) is 14.4 Å². The summed E-state index contributed by atoms with van der Waals surface area (Å²) in [7, 11) is 0. The number of benzene rings is 1. The van der Waals surface area contributed by atoms with Crippen molar-refractivity contribution in [1.29, 1.82) is 0 Å². The Labute approximate surface area is 124 Å². The van der Waals surface area contributed by atoms with Gasteiger partial charge in [0.25, 0.3) is 11.7 Å². The molecule has 0 aromatic heterocycles. The van der Waals surface area contributed by atoms with Crippen molar-refractivity contribution in [2.75, 3.05) is 11.4 Å². The lowest BCUT2D eigenvalue weighted by atomic mass is 10.0. The summed E-state index contributed by atoms with van der Waals surface area (Å²) < 4.78 is 0. The normalized spacial score (nSPS) is 21.3. The number of amides is 1. The molecule has 1 unspecified atom stereocenters. The molecule has 0 saturated heterocycles. The highest BCUT2D eigenvalue weighted by Crippen LogP contribution is 2.34. The van der Waals surface area contributed by atoms with Crippen LogP contribution in [0.4, 0.5) is 5.69 Å². The van der Waals surface area contributed by atoms with Gasteiger partial charge in [-0.05, 0) is 50.3 Å². The van der Waals surface area contributed by atoms with Gasteiger partial charge in [-0.15, -0.1) is 0 Å². The molecule has 3 rings (SSSR count). The van der Waals surface area contributed by atoms with Gasteiger partial charge >= 0.3 is 0 Å². The molecule has 1 fully saturated rings. The molecule has 1 aromatic rings. The van der Waals surface area contributed by atoms with E-state index in [4.69, 9.17) is 0 Å². The van der Waals surface area contributed by atoms with Gasteiger partial charge in [-0.25, -0.2) is 0 Å². The van der Waals surface area contributed by atoms with Gasteiger partial charge in [-0.3, -0.25) is 14.4 Å². The molecule has 0 N–H and O–H groups in total. The van der Waals surface area contributed by atoms with Crippen molar-refractivity contribution < 1.29 is 14.4 Å². The van der Waals surface area contributed by atoms with E-state index in [0.717, 1.165) is 29.7 Å². The molecule has 4 heteroatoms. The van der Waals surface area contributed by atoms with E-state index in [1.165, 1.54) is 0 Å². The predicted molar refractivity (Wildman–Crippen MR) is 79.6 cm³/mol. The SMILES string of the molecule is Cc1cc(C)c2c(c1)C(=O)C(=O)N2CCC1CCCC1=O. The van der Waals surface area contributed by atoms with Crippen LogP contribution in [0.3, 0.4) is 0 Å². The number of carbonyl (C=O) groups excluding carboxylic acids is 3. The van der Waals surface area contributed by atoms with E-state index in [2.05, 4.69) is 0 Å². The van der Waals surface area contributed by atoms with Gasteiger partial charge in [0.2, 0.25) is 0 Å². The summed E-state index contributed by atoms with van der Waals surface area (Å²) in [6.45, 7) is 4.30. The third kappa shape index (κ3) is 2.28. The maximum atomic E-state index is 12.2. The minimum Gasteiger partial charge on any atom is -0.304 e. The number of rotatable bonds is 3. The Hall–Kier alpha value is -1.97. The molecule has 1 atom stereocenters. The van der Waals surface area contributed by atoms with Crippen molar-refractivity contribution in [3.8, 4) is 0 Å². The number of hydrogen-bond donors (Lipinski definition) is 0. The Kier molecular flexibility index (Phi) is 3.40. The molecule has 1 aromatic carbocycles. The number of carbonyl (C=O) groups is 3. The van der Waals surface area contributed by atoms with Gasteiger partial charge in [-0.2, -0.15) is 0 Å². The van der Waals surface area contributed by atoms with E-state index in [0.29, 0.717) is 30.7 Å². The van der Waals surface area contributed by atoms with E-state index >= 15 is 0 Å². The number of anilines is 1. The van der Waals surface area contributed by atoms with Gasteiger partial charge in [-0.1, -0.05) is 6.07 Å². The zero-order chi connectivity index (χ0) is 15.1. The Morgan fingerprint density at radius 2 is 1.95 bits per heavy atom. The van der Waals surface area contributed by atoms with Gasteiger partial charge in [0.1, 0.15) is 5.78 Å². The fourth-order valence-corrected chi connectivity index (χ4v) is 3.52. The van der Waals surface area contributed by atoms with Crippen LogP contribution in [0.1, 0.15) is 47.2 Å². The molecule has 2 aliphatic rings. The molecule has 1 amide bonds. The second kappa shape index (κ2) is 5.10. The number of ketones is 2. The van der Waals surface area contributed by atoms with Crippen LogP contribution in [-0.2, 0) is 9.59 Å². The van der Waals surface area contributed by atoms with E-state index < -0.39 is 11.7 Å². The summed E-state index contributed by atoms with van der Waals surface area (Å²) in [5.41, 5.74) is 3.18. The fraction of sp³-hybridized carbons (Fsp3) is 0.471. The molecule has 21 heavy (non-hydrogen) atoms. The van der Waals surface area contributed by atoms with Crippen LogP contribution in [0.15, 0.2) is 12.1 Å². The molecule has 0 radical (unpaired) electrons. The number of nitrogens with zero attached hydrogens (tertiary/aromatic N) is 1. The van der Waals surface area contributed by atoms with Crippen molar-refractivity contribution in [2.45, 2.75) is 39.5 Å². The molecule has 1 saturated carbocycles. The Bertz CT molecular complexity index is 648. The average molecular weight is 285 g/mol. The van der Waals surface area contributed by atoms with E-state index in [1.807, 2.05) is 19.9 Å². The second-order valence-electron chi connectivity index (χ2n) is 6.11. The van der Waals surface area contributed by atoms with Gasteiger partial charge in [0.15, 0.2) is 0 Å². The predicted octanol–water partition coefficient (Wildman–Crippen LogP) is 2.59. The van der Waals surface area contributed by atoms with Crippen LogP contribution in [0.2, 0.25) is 0 Å². The first kappa shape index (κ1) is 14.0. The highest BCUT2D eigenvalue weighted by atomic mass is 16.2. The number of Topliss-reactive ketones (excluding diaryl/α,β-unsaturated/α-hetero) is 2. The number of hydrogen-bond acceptors (Lipinski definition) is 3. The second-order valence-corrected chi connectivity index (χ2v) is 6.11. The largest absolute Gasteiger partial charge is 0.304 e. The molecular formula is C17H19NO3. The van der Waals surface area contributed by atoms with Crippen LogP contribution in [0, 0.1) is 19.8 Å². The quantitative estimate of drug-likeness (QED) is 0.802. The minimum atomic E-state index is -0.454. The minimum absolute atomic E-state index is 0.0581. The fourth-order valence-electron chi connectivity index (χ4n) is 3.52. The van der Waals surface area contributed by atoms with Crippen LogP contribution in [0.25, 0.3) is 0 Å². The summed E-state index contributed by atoms with van der Waals surface area (Å²) in [5.74, 6) is -0.518. The van der Waals surface area contributed by atoms with E-state index in [1.54, 1.807) is 11.0 Å². The number of fused-ring (bicyclic) bond motifs is 1. The highest BCUT2D eigenvalue weighted by molar-refractivity contribution is 6.52. The van der Waals surface area contributed by atoms with Crippen molar-refractivity contribution >= 4 is 23.2 Å². The van der Waals surface area contributed by atoms with Crippen LogP contribution < -0.4 is 4.90 Å². The average Bonchev–Trinajstić information content (AvgIpc) is 2.93. The first-order valence-electron chi connectivity index (χ1n) is 7.49. The summed E-state index contributed by atoms with van der Waals surface area (Å²) in [6.07, 6.45) is 3.18. The van der Waals surface area contributed by atoms with Crippen LogP contribution in [-0.4, -0.2) is 24.0 Å². The summed E-state index contributed by atoms with van der Waals surface area (Å²) in [4.78, 5) is 37.6. The topological polar surface area (TPSA) is 54.5 Å². The first-order valence-corrected chi connectivity index (χ1v) is 7.49. The zero-order valence-electron chi connectivity index (χ0n) is 12.4. The number of aryl methyl sites for hydroxylation is 2. The van der Waals surface area contributed by atoms with Gasteiger partial charge in [0.05, 0.1) is 11.3 Å². The maximum Gasteiger partial charge on any atom is 0.299 e. The summed E-state index contributed by atoms with van der Waals surface area (Å²) in [6, 6.07) is 3.77. The Balaban J connectivity index is 1.85. The molecule has 1 aliphatic carbocycles.